The summed E-state index contributed by atoms with van der Waals surface area (Å²) in [6.07, 6.45) is 1.70. The van der Waals surface area contributed by atoms with Crippen molar-refractivity contribution in [1.29, 1.82) is 0 Å². The van der Waals surface area contributed by atoms with E-state index in [-0.39, 0.29) is 5.76 Å². The number of esters is 1. The molecule has 6 nitrogen and oxygen atoms in total. The smallest absolute Gasteiger partial charge is 0.373 e. The zero-order valence-electron chi connectivity index (χ0n) is 17.2. The van der Waals surface area contributed by atoms with Crippen molar-refractivity contribution in [2.45, 2.75) is 20.4 Å². The number of furan rings is 1. The number of hydrogen-bond acceptors (Lipinski definition) is 6. The molecule has 0 atom stereocenters. The van der Waals surface area contributed by atoms with E-state index in [4.69, 9.17) is 18.6 Å². The lowest BCUT2D eigenvalue weighted by atomic mass is 10.1. The third-order valence-corrected chi connectivity index (χ3v) is 4.84. The van der Waals surface area contributed by atoms with Crippen LogP contribution in [0, 0.1) is 0 Å². The SMILES string of the molecule is CCOC(=O)/C(=C\c1ccc2oc(CN3CCOc4ccccc43)cc2c1)OCC. The van der Waals surface area contributed by atoms with Crippen molar-refractivity contribution in [3.05, 3.63) is 65.6 Å². The van der Waals surface area contributed by atoms with E-state index in [2.05, 4.69) is 11.0 Å². The minimum Gasteiger partial charge on any atom is -0.490 e. The molecule has 30 heavy (non-hydrogen) atoms. The van der Waals surface area contributed by atoms with Gasteiger partial charge in [-0.15, -0.1) is 0 Å². The van der Waals surface area contributed by atoms with Crippen molar-refractivity contribution in [3.8, 4) is 5.75 Å². The largest absolute Gasteiger partial charge is 0.490 e. The lowest BCUT2D eigenvalue weighted by molar-refractivity contribution is -0.142. The molecule has 1 aromatic heterocycles. The van der Waals surface area contributed by atoms with Crippen LogP contribution in [0.15, 0.2) is 58.7 Å². The molecule has 0 unspecified atom stereocenters. The summed E-state index contributed by atoms with van der Waals surface area (Å²) in [6.45, 7) is 6.42. The number of benzene rings is 2. The van der Waals surface area contributed by atoms with E-state index in [1.54, 1.807) is 13.0 Å². The number of rotatable bonds is 7. The predicted molar refractivity (Wildman–Crippen MR) is 115 cm³/mol. The molecule has 0 aliphatic carbocycles. The van der Waals surface area contributed by atoms with E-state index in [1.807, 2.05) is 49.4 Å². The molecule has 0 radical (unpaired) electrons. The van der Waals surface area contributed by atoms with Crippen LogP contribution in [0.25, 0.3) is 17.0 Å². The molecule has 0 fully saturated rings. The van der Waals surface area contributed by atoms with Gasteiger partial charge in [-0.25, -0.2) is 4.79 Å². The summed E-state index contributed by atoms with van der Waals surface area (Å²) < 4.78 is 22.3. The van der Waals surface area contributed by atoms with Gasteiger partial charge in [-0.05, 0) is 55.8 Å². The Balaban J connectivity index is 1.57. The summed E-state index contributed by atoms with van der Waals surface area (Å²) in [5.74, 6) is 1.51. The standard InChI is InChI=1S/C24H25NO5/c1-3-27-23(24(26)28-4-2)14-17-9-10-21-18(13-17)15-19(30-21)16-25-11-12-29-22-8-6-5-7-20(22)25/h5-10,13-15H,3-4,11-12,16H2,1-2H3/b23-14+. The highest BCUT2D eigenvalue weighted by molar-refractivity contribution is 5.92. The van der Waals surface area contributed by atoms with Gasteiger partial charge in [-0.2, -0.15) is 0 Å². The summed E-state index contributed by atoms with van der Waals surface area (Å²) in [7, 11) is 0. The van der Waals surface area contributed by atoms with Gasteiger partial charge in [0, 0.05) is 5.39 Å². The molecule has 0 N–H and O–H groups in total. The first-order valence-electron chi connectivity index (χ1n) is 10.2. The normalized spacial score (nSPS) is 13.7. The van der Waals surface area contributed by atoms with Gasteiger partial charge in [0.05, 0.1) is 32.0 Å². The van der Waals surface area contributed by atoms with Crippen LogP contribution in [0.5, 0.6) is 5.75 Å². The summed E-state index contributed by atoms with van der Waals surface area (Å²) >= 11 is 0. The number of fused-ring (bicyclic) bond motifs is 2. The summed E-state index contributed by atoms with van der Waals surface area (Å²) in [4.78, 5) is 14.3. The molecule has 1 aliphatic rings. The molecule has 0 saturated heterocycles. The molecule has 2 heterocycles. The van der Waals surface area contributed by atoms with E-state index in [0.29, 0.717) is 26.4 Å². The number of carbonyl (C=O) groups is 1. The topological polar surface area (TPSA) is 61.1 Å². The third-order valence-electron chi connectivity index (χ3n) is 4.84. The number of anilines is 1. The second-order valence-corrected chi connectivity index (χ2v) is 6.91. The first kappa shape index (κ1) is 19.9. The van der Waals surface area contributed by atoms with Crippen LogP contribution in [-0.4, -0.2) is 32.3 Å². The quantitative estimate of drug-likeness (QED) is 0.319. The van der Waals surface area contributed by atoms with Crippen LogP contribution in [0.2, 0.25) is 0 Å². The number of ether oxygens (including phenoxy) is 3. The van der Waals surface area contributed by atoms with Gasteiger partial charge >= 0.3 is 5.97 Å². The van der Waals surface area contributed by atoms with E-state index in [0.717, 1.165) is 40.3 Å². The maximum atomic E-state index is 12.1. The van der Waals surface area contributed by atoms with Crippen LogP contribution in [0.3, 0.4) is 0 Å². The summed E-state index contributed by atoms with van der Waals surface area (Å²) in [6, 6.07) is 15.9. The number of carbonyl (C=O) groups excluding carboxylic acids is 1. The third kappa shape index (κ3) is 4.27. The van der Waals surface area contributed by atoms with Gasteiger partial charge in [0.2, 0.25) is 5.76 Å². The molecule has 0 bridgehead atoms. The Labute approximate surface area is 175 Å². The van der Waals surface area contributed by atoms with E-state index >= 15 is 0 Å². The average molecular weight is 407 g/mol. The second kappa shape index (κ2) is 8.95. The van der Waals surface area contributed by atoms with Gasteiger partial charge in [0.1, 0.15) is 23.7 Å². The van der Waals surface area contributed by atoms with Crippen LogP contribution in [0.1, 0.15) is 25.2 Å². The molecule has 2 aromatic carbocycles. The lowest BCUT2D eigenvalue weighted by Gasteiger charge is -2.30. The highest BCUT2D eigenvalue weighted by atomic mass is 16.6. The minimum absolute atomic E-state index is 0.201. The number of nitrogens with zero attached hydrogens (tertiary/aromatic N) is 1. The Hall–Kier alpha value is -3.41. The lowest BCUT2D eigenvalue weighted by Crippen LogP contribution is -2.31. The minimum atomic E-state index is -0.460. The Bertz CT molecular complexity index is 1070. The molecule has 0 amide bonds. The Kier molecular flexibility index (Phi) is 5.93. The predicted octanol–water partition coefficient (Wildman–Crippen LogP) is 4.77. The molecular weight excluding hydrogens is 382 g/mol. The molecular formula is C24H25NO5. The second-order valence-electron chi connectivity index (χ2n) is 6.91. The van der Waals surface area contributed by atoms with Crippen molar-refractivity contribution in [2.24, 2.45) is 0 Å². The van der Waals surface area contributed by atoms with Crippen LogP contribution in [0.4, 0.5) is 5.69 Å². The van der Waals surface area contributed by atoms with Crippen molar-refractivity contribution in [2.75, 3.05) is 31.3 Å². The van der Waals surface area contributed by atoms with E-state index in [9.17, 15) is 4.79 Å². The maximum Gasteiger partial charge on any atom is 0.373 e. The van der Waals surface area contributed by atoms with Gasteiger partial charge < -0.3 is 23.5 Å². The number of hydrogen-bond donors (Lipinski definition) is 0. The van der Waals surface area contributed by atoms with Crippen LogP contribution in [-0.2, 0) is 20.8 Å². The zero-order chi connectivity index (χ0) is 20.9. The molecule has 0 saturated carbocycles. The van der Waals surface area contributed by atoms with Gasteiger partial charge in [0.15, 0.2) is 0 Å². The summed E-state index contributed by atoms with van der Waals surface area (Å²) in [5.41, 5.74) is 2.73. The fraction of sp³-hybridized carbons (Fsp3) is 0.292. The van der Waals surface area contributed by atoms with E-state index in [1.165, 1.54) is 0 Å². The highest BCUT2D eigenvalue weighted by Gasteiger charge is 2.19. The van der Waals surface area contributed by atoms with E-state index < -0.39 is 5.97 Å². The summed E-state index contributed by atoms with van der Waals surface area (Å²) in [5, 5.41) is 0.972. The fourth-order valence-corrected chi connectivity index (χ4v) is 3.53. The van der Waals surface area contributed by atoms with Crippen molar-refractivity contribution in [1.82, 2.24) is 0 Å². The fourth-order valence-electron chi connectivity index (χ4n) is 3.53. The Morgan fingerprint density at radius 3 is 2.77 bits per heavy atom. The number of para-hydroxylation sites is 2. The molecule has 3 aromatic rings. The van der Waals surface area contributed by atoms with Gasteiger partial charge in [0.25, 0.3) is 0 Å². The first-order chi connectivity index (χ1) is 14.7. The molecule has 6 heteroatoms. The average Bonchev–Trinajstić information content (AvgIpc) is 3.15. The van der Waals surface area contributed by atoms with Crippen LogP contribution >= 0.6 is 0 Å². The van der Waals surface area contributed by atoms with Crippen molar-refractivity contribution >= 4 is 28.7 Å². The van der Waals surface area contributed by atoms with Gasteiger partial charge in [-0.1, -0.05) is 18.2 Å². The maximum absolute atomic E-state index is 12.1. The molecule has 1 aliphatic heterocycles. The Morgan fingerprint density at radius 1 is 1.10 bits per heavy atom. The van der Waals surface area contributed by atoms with Crippen molar-refractivity contribution in [3.63, 3.8) is 0 Å². The molecule has 4 rings (SSSR count). The monoisotopic (exact) mass is 407 g/mol. The van der Waals surface area contributed by atoms with Gasteiger partial charge in [-0.3, -0.25) is 0 Å². The van der Waals surface area contributed by atoms with Crippen LogP contribution < -0.4 is 9.64 Å². The molecule has 0 spiro atoms. The first-order valence-corrected chi connectivity index (χ1v) is 10.2. The zero-order valence-corrected chi connectivity index (χ0v) is 17.2. The Morgan fingerprint density at radius 2 is 1.93 bits per heavy atom. The molecule has 156 valence electrons. The highest BCUT2D eigenvalue weighted by Crippen LogP contribution is 2.33. The van der Waals surface area contributed by atoms with Crippen molar-refractivity contribution < 1.29 is 23.4 Å².